The number of hydrogen-bond donors (Lipinski definition) is 1. The summed E-state index contributed by atoms with van der Waals surface area (Å²) in [5.74, 6) is 0.448. The average molecular weight is 225 g/mol. The molecule has 0 spiro atoms. The second kappa shape index (κ2) is 3.64. The summed E-state index contributed by atoms with van der Waals surface area (Å²) in [5, 5.41) is -0.512. The first-order chi connectivity index (χ1) is 7.08. The van der Waals surface area contributed by atoms with E-state index in [0.717, 1.165) is 0 Å². The van der Waals surface area contributed by atoms with Crippen LogP contribution < -0.4 is 5.73 Å². The number of benzene rings is 1. The maximum absolute atomic E-state index is 10.9. The summed E-state index contributed by atoms with van der Waals surface area (Å²) in [5.41, 5.74) is 7.22. The van der Waals surface area contributed by atoms with Crippen LogP contribution in [0.3, 0.4) is 0 Å². The smallest absolute Gasteiger partial charge is 0.252 e. The van der Waals surface area contributed by atoms with Crippen molar-refractivity contribution in [2.75, 3.05) is 0 Å². The maximum Gasteiger partial charge on any atom is 0.252 e. The number of fused-ring (bicyclic) bond motifs is 1. The predicted molar refractivity (Wildman–Crippen MR) is 56.8 cm³/mol. The molecular formula is C10H9ClN2O2. The molecule has 1 atom stereocenters. The zero-order valence-corrected chi connectivity index (χ0v) is 8.78. The molecule has 0 bridgehead atoms. The first kappa shape index (κ1) is 10.1. The van der Waals surface area contributed by atoms with Crippen LogP contribution in [0.1, 0.15) is 29.2 Å². The van der Waals surface area contributed by atoms with E-state index in [9.17, 15) is 4.79 Å². The Hall–Kier alpha value is -1.39. The van der Waals surface area contributed by atoms with Gasteiger partial charge in [-0.3, -0.25) is 4.79 Å². The lowest BCUT2D eigenvalue weighted by atomic mass is 10.2. The number of carbonyl (C=O) groups is 1. The molecule has 2 rings (SSSR count). The molecular weight excluding hydrogens is 216 g/mol. The highest BCUT2D eigenvalue weighted by Crippen LogP contribution is 2.20. The molecule has 1 unspecified atom stereocenters. The van der Waals surface area contributed by atoms with Gasteiger partial charge in [0.2, 0.25) is 5.89 Å². The average Bonchev–Trinajstić information content (AvgIpc) is 2.59. The fourth-order valence-corrected chi connectivity index (χ4v) is 1.38. The van der Waals surface area contributed by atoms with Gasteiger partial charge in [0.05, 0.1) is 6.04 Å². The molecule has 1 heterocycles. The van der Waals surface area contributed by atoms with Crippen LogP contribution in [-0.2, 0) is 0 Å². The van der Waals surface area contributed by atoms with Gasteiger partial charge >= 0.3 is 0 Å². The highest BCUT2D eigenvalue weighted by atomic mass is 35.5. The molecule has 78 valence electrons. The van der Waals surface area contributed by atoms with E-state index in [-0.39, 0.29) is 6.04 Å². The third-order valence-corrected chi connectivity index (χ3v) is 2.24. The van der Waals surface area contributed by atoms with E-state index in [1.807, 2.05) is 0 Å². The molecule has 1 aromatic heterocycles. The van der Waals surface area contributed by atoms with Gasteiger partial charge in [0.1, 0.15) is 5.52 Å². The highest BCUT2D eigenvalue weighted by molar-refractivity contribution is 6.67. The van der Waals surface area contributed by atoms with Crippen LogP contribution >= 0.6 is 11.6 Å². The van der Waals surface area contributed by atoms with Crippen LogP contribution in [0.2, 0.25) is 0 Å². The Kier molecular flexibility index (Phi) is 2.46. The largest absolute Gasteiger partial charge is 0.439 e. The number of carbonyl (C=O) groups excluding carboxylic acids is 1. The number of oxazole rings is 1. The van der Waals surface area contributed by atoms with Gasteiger partial charge in [0, 0.05) is 5.56 Å². The third-order valence-electron chi connectivity index (χ3n) is 2.02. The van der Waals surface area contributed by atoms with Gasteiger partial charge < -0.3 is 10.2 Å². The first-order valence-corrected chi connectivity index (χ1v) is 4.81. The van der Waals surface area contributed by atoms with Crippen LogP contribution in [0.25, 0.3) is 11.1 Å². The molecule has 2 aromatic rings. The Bertz CT molecular complexity index is 519. The Morgan fingerprint density at radius 3 is 2.93 bits per heavy atom. The van der Waals surface area contributed by atoms with E-state index >= 15 is 0 Å². The van der Waals surface area contributed by atoms with E-state index in [4.69, 9.17) is 21.8 Å². The highest BCUT2D eigenvalue weighted by Gasteiger charge is 2.11. The van der Waals surface area contributed by atoms with Crippen molar-refractivity contribution in [2.24, 2.45) is 5.73 Å². The fraction of sp³-hybridized carbons (Fsp3) is 0.200. The van der Waals surface area contributed by atoms with Crippen molar-refractivity contribution >= 4 is 27.9 Å². The summed E-state index contributed by atoms with van der Waals surface area (Å²) in [7, 11) is 0. The minimum atomic E-state index is -0.512. The molecule has 0 fully saturated rings. The molecule has 0 saturated heterocycles. The van der Waals surface area contributed by atoms with Crippen LogP contribution in [-0.4, -0.2) is 10.2 Å². The van der Waals surface area contributed by atoms with Gasteiger partial charge in [0.25, 0.3) is 5.24 Å². The van der Waals surface area contributed by atoms with Crippen molar-refractivity contribution in [1.29, 1.82) is 0 Å². The van der Waals surface area contributed by atoms with Crippen molar-refractivity contribution < 1.29 is 9.21 Å². The summed E-state index contributed by atoms with van der Waals surface area (Å²) < 4.78 is 5.37. The second-order valence-electron chi connectivity index (χ2n) is 3.30. The van der Waals surface area contributed by atoms with Crippen LogP contribution in [0.4, 0.5) is 0 Å². The lowest BCUT2D eigenvalue weighted by Crippen LogP contribution is -2.04. The van der Waals surface area contributed by atoms with Crippen molar-refractivity contribution in [3.63, 3.8) is 0 Å². The summed E-state index contributed by atoms with van der Waals surface area (Å²) >= 11 is 5.35. The molecule has 4 nitrogen and oxygen atoms in total. The van der Waals surface area contributed by atoms with Gasteiger partial charge in [-0.15, -0.1) is 0 Å². The number of rotatable bonds is 2. The molecule has 15 heavy (non-hydrogen) atoms. The molecule has 0 amide bonds. The van der Waals surface area contributed by atoms with Crippen molar-refractivity contribution in [3.8, 4) is 0 Å². The second-order valence-corrected chi connectivity index (χ2v) is 3.64. The molecule has 0 saturated carbocycles. The SMILES string of the molecule is CC(N)c1nc2cc(C(=O)Cl)ccc2o1. The number of halogens is 1. The van der Waals surface area contributed by atoms with Crippen LogP contribution in [0.5, 0.6) is 0 Å². The Labute approximate surface area is 91.0 Å². The lowest BCUT2D eigenvalue weighted by molar-refractivity contribution is 0.108. The van der Waals surface area contributed by atoms with Crippen molar-refractivity contribution in [1.82, 2.24) is 4.98 Å². The molecule has 2 N–H and O–H groups in total. The van der Waals surface area contributed by atoms with Gasteiger partial charge in [-0.05, 0) is 36.7 Å². The number of aromatic nitrogens is 1. The normalized spacial score (nSPS) is 13.0. The number of nitrogens with two attached hydrogens (primary N) is 1. The van der Waals surface area contributed by atoms with Crippen LogP contribution in [0.15, 0.2) is 22.6 Å². The molecule has 0 aliphatic carbocycles. The van der Waals surface area contributed by atoms with E-state index in [1.54, 1.807) is 25.1 Å². The zero-order chi connectivity index (χ0) is 11.0. The summed E-state index contributed by atoms with van der Waals surface area (Å²) in [6.45, 7) is 1.78. The topological polar surface area (TPSA) is 69.1 Å². The molecule has 0 aliphatic heterocycles. The Morgan fingerprint density at radius 2 is 2.33 bits per heavy atom. The monoisotopic (exact) mass is 224 g/mol. The van der Waals surface area contributed by atoms with E-state index in [2.05, 4.69) is 4.98 Å². The molecule has 5 heteroatoms. The summed E-state index contributed by atoms with van der Waals surface area (Å²) in [4.78, 5) is 15.1. The van der Waals surface area contributed by atoms with E-state index < -0.39 is 5.24 Å². The van der Waals surface area contributed by atoms with E-state index in [0.29, 0.717) is 22.6 Å². The summed E-state index contributed by atoms with van der Waals surface area (Å²) in [6.07, 6.45) is 0. The van der Waals surface area contributed by atoms with Gasteiger partial charge in [-0.2, -0.15) is 0 Å². The molecule has 0 radical (unpaired) electrons. The van der Waals surface area contributed by atoms with E-state index in [1.165, 1.54) is 0 Å². The van der Waals surface area contributed by atoms with Gasteiger partial charge in [0.15, 0.2) is 5.58 Å². The van der Waals surface area contributed by atoms with Crippen molar-refractivity contribution in [2.45, 2.75) is 13.0 Å². The molecule has 0 aliphatic rings. The summed E-state index contributed by atoms with van der Waals surface area (Å²) in [6, 6.07) is 4.56. The predicted octanol–water partition coefficient (Wildman–Crippen LogP) is 2.23. The number of nitrogens with zero attached hydrogens (tertiary/aromatic N) is 1. The lowest BCUT2D eigenvalue weighted by Gasteiger charge is -1.94. The minimum Gasteiger partial charge on any atom is -0.439 e. The third kappa shape index (κ3) is 1.86. The zero-order valence-electron chi connectivity index (χ0n) is 8.03. The fourth-order valence-electron chi connectivity index (χ4n) is 1.26. The van der Waals surface area contributed by atoms with Gasteiger partial charge in [-0.1, -0.05) is 0 Å². The maximum atomic E-state index is 10.9. The first-order valence-electron chi connectivity index (χ1n) is 4.44. The molecule has 1 aromatic carbocycles. The Morgan fingerprint density at radius 1 is 1.60 bits per heavy atom. The van der Waals surface area contributed by atoms with Crippen LogP contribution in [0, 0.1) is 0 Å². The number of hydrogen-bond acceptors (Lipinski definition) is 4. The van der Waals surface area contributed by atoms with Gasteiger partial charge in [-0.25, -0.2) is 4.98 Å². The van der Waals surface area contributed by atoms with Crippen molar-refractivity contribution in [3.05, 3.63) is 29.7 Å². The Balaban J connectivity index is 2.57. The quantitative estimate of drug-likeness (QED) is 0.795. The minimum absolute atomic E-state index is 0.271. The standard InChI is InChI=1S/C10H9ClN2O2/c1-5(12)10-13-7-4-6(9(11)14)2-3-8(7)15-10/h2-5H,12H2,1H3.